The third-order valence-electron chi connectivity index (χ3n) is 5.35. The van der Waals surface area contributed by atoms with Gasteiger partial charge in [-0.15, -0.1) is 0 Å². The van der Waals surface area contributed by atoms with Crippen LogP contribution in [0.1, 0.15) is 26.3 Å². The first-order valence-electron chi connectivity index (χ1n) is 11.8. The molecule has 0 spiro atoms. The molecule has 0 bridgehead atoms. The summed E-state index contributed by atoms with van der Waals surface area (Å²) in [5.74, 6) is 0.871. The molecule has 0 saturated carbocycles. The van der Waals surface area contributed by atoms with Crippen molar-refractivity contribution in [1.29, 1.82) is 0 Å². The average molecular weight is 513 g/mol. The van der Waals surface area contributed by atoms with Crippen molar-refractivity contribution in [1.82, 2.24) is 0 Å². The zero-order chi connectivity index (χ0) is 27.5. The minimum absolute atomic E-state index is 0.298. The van der Waals surface area contributed by atoms with Gasteiger partial charge in [-0.05, 0) is 80.4 Å². The predicted octanol–water partition coefficient (Wildman–Crippen LogP) is 6.33. The second-order valence-electron chi connectivity index (χ2n) is 8.21. The number of benzene rings is 3. The summed E-state index contributed by atoms with van der Waals surface area (Å²) < 4.78 is 21.4. The van der Waals surface area contributed by atoms with Gasteiger partial charge < -0.3 is 18.9 Å². The highest BCUT2D eigenvalue weighted by Crippen LogP contribution is 2.33. The van der Waals surface area contributed by atoms with E-state index in [9.17, 15) is 14.4 Å². The van der Waals surface area contributed by atoms with Crippen molar-refractivity contribution >= 4 is 24.5 Å². The summed E-state index contributed by atoms with van der Waals surface area (Å²) in [5, 5.41) is 0. The Balaban J connectivity index is 1.78. The number of hydrogen-bond donors (Lipinski definition) is 0. The maximum absolute atomic E-state index is 12.5. The molecule has 7 heteroatoms. The van der Waals surface area contributed by atoms with E-state index in [-0.39, 0.29) is 0 Å². The summed E-state index contributed by atoms with van der Waals surface area (Å²) in [5.41, 5.74) is 3.07. The normalized spacial score (nSPS) is 11.1. The maximum Gasteiger partial charge on any atom is 0.338 e. The van der Waals surface area contributed by atoms with E-state index in [4.69, 9.17) is 18.9 Å². The van der Waals surface area contributed by atoms with Gasteiger partial charge in [0.15, 0.2) is 0 Å². The fourth-order valence-corrected chi connectivity index (χ4v) is 3.16. The fraction of sp³-hybridized carbons (Fsp3) is 0.129. The molecule has 0 N–H and O–H groups in total. The van der Waals surface area contributed by atoms with Crippen LogP contribution in [0.5, 0.6) is 23.0 Å². The van der Waals surface area contributed by atoms with Crippen LogP contribution in [-0.2, 0) is 14.4 Å². The van der Waals surface area contributed by atoms with Gasteiger partial charge in [-0.3, -0.25) is 4.79 Å². The van der Waals surface area contributed by atoms with E-state index in [1.165, 1.54) is 0 Å². The molecule has 7 nitrogen and oxygen atoms in total. The Labute approximate surface area is 221 Å². The molecule has 0 unspecified atom stereocenters. The molecular weight excluding hydrogens is 484 g/mol. The van der Waals surface area contributed by atoms with Gasteiger partial charge in [0.25, 0.3) is 6.47 Å². The SMILES string of the molecule is C=C(C)C(=O)Oc1ccc(-c2ccc(/C=C/COc3ccc(OC=O)cc3)cc2OC(=O)/C(C)=C/C)cc1. The number of hydrogen-bond acceptors (Lipinski definition) is 7. The molecule has 3 aromatic carbocycles. The lowest BCUT2D eigenvalue weighted by atomic mass is 10.0. The van der Waals surface area contributed by atoms with Crippen molar-refractivity contribution in [3.8, 4) is 34.1 Å². The molecule has 0 radical (unpaired) electrons. The van der Waals surface area contributed by atoms with Gasteiger partial charge in [-0.1, -0.05) is 43.0 Å². The lowest BCUT2D eigenvalue weighted by molar-refractivity contribution is -0.131. The zero-order valence-electron chi connectivity index (χ0n) is 21.4. The van der Waals surface area contributed by atoms with E-state index in [0.717, 1.165) is 11.1 Å². The number of carbonyl (C=O) groups excluding carboxylic acids is 3. The third kappa shape index (κ3) is 7.80. The van der Waals surface area contributed by atoms with Crippen LogP contribution < -0.4 is 18.9 Å². The van der Waals surface area contributed by atoms with E-state index in [2.05, 4.69) is 6.58 Å². The van der Waals surface area contributed by atoms with E-state index in [1.54, 1.807) is 81.4 Å². The van der Waals surface area contributed by atoms with Crippen LogP contribution in [-0.4, -0.2) is 25.0 Å². The molecule has 38 heavy (non-hydrogen) atoms. The van der Waals surface area contributed by atoms with E-state index in [0.29, 0.717) is 52.8 Å². The number of rotatable bonds is 11. The standard InChI is InChI=1S/C31H28O7/c1-5-22(4)31(34)38-29-19-23(7-6-18-35-25-13-15-26(16-14-25)36-20-32)8-17-28(29)24-9-11-27(12-10-24)37-30(33)21(2)3/h5-17,19-20H,2,18H2,1,3-4H3/b7-6+,22-5+. The van der Waals surface area contributed by atoms with Crippen LogP contribution in [0.25, 0.3) is 17.2 Å². The van der Waals surface area contributed by atoms with Crippen LogP contribution in [0, 0.1) is 0 Å². The Kier molecular flexibility index (Phi) is 9.77. The van der Waals surface area contributed by atoms with Gasteiger partial charge in [-0.2, -0.15) is 0 Å². The highest BCUT2D eigenvalue weighted by atomic mass is 16.5. The summed E-state index contributed by atoms with van der Waals surface area (Å²) in [4.78, 5) is 34.7. The highest BCUT2D eigenvalue weighted by Gasteiger charge is 2.14. The van der Waals surface area contributed by atoms with Crippen LogP contribution in [0.3, 0.4) is 0 Å². The summed E-state index contributed by atoms with van der Waals surface area (Å²) in [6, 6.07) is 19.1. The quantitative estimate of drug-likeness (QED) is 0.128. The van der Waals surface area contributed by atoms with Gasteiger partial charge in [0, 0.05) is 16.7 Å². The van der Waals surface area contributed by atoms with Crippen molar-refractivity contribution in [3.05, 3.63) is 102 Å². The molecule has 194 valence electrons. The van der Waals surface area contributed by atoms with Crippen molar-refractivity contribution < 1.29 is 33.3 Å². The summed E-state index contributed by atoms with van der Waals surface area (Å²) >= 11 is 0. The van der Waals surface area contributed by atoms with Gasteiger partial charge in [0.2, 0.25) is 0 Å². The van der Waals surface area contributed by atoms with Crippen LogP contribution >= 0.6 is 0 Å². The topological polar surface area (TPSA) is 88.1 Å². The Morgan fingerprint density at radius 2 is 1.50 bits per heavy atom. The largest absolute Gasteiger partial charge is 0.490 e. The number of esters is 2. The van der Waals surface area contributed by atoms with Crippen molar-refractivity contribution in [2.45, 2.75) is 20.8 Å². The third-order valence-corrected chi connectivity index (χ3v) is 5.35. The van der Waals surface area contributed by atoms with Gasteiger partial charge in [0.05, 0.1) is 0 Å². The second-order valence-corrected chi connectivity index (χ2v) is 8.21. The molecule has 3 aromatic rings. The Morgan fingerprint density at radius 3 is 2.13 bits per heavy atom. The van der Waals surface area contributed by atoms with Gasteiger partial charge >= 0.3 is 11.9 Å². The van der Waals surface area contributed by atoms with Crippen molar-refractivity contribution in [2.24, 2.45) is 0 Å². The lowest BCUT2D eigenvalue weighted by Crippen LogP contribution is -2.10. The van der Waals surface area contributed by atoms with E-state index < -0.39 is 11.9 Å². The summed E-state index contributed by atoms with van der Waals surface area (Å²) in [6.07, 6.45) is 5.37. The van der Waals surface area contributed by atoms with E-state index >= 15 is 0 Å². The number of allylic oxidation sites excluding steroid dienone is 1. The van der Waals surface area contributed by atoms with Crippen molar-refractivity contribution in [2.75, 3.05) is 6.61 Å². The molecule has 0 fully saturated rings. The second kappa shape index (κ2) is 13.4. The zero-order valence-corrected chi connectivity index (χ0v) is 21.4. The smallest absolute Gasteiger partial charge is 0.338 e. The summed E-state index contributed by atoms with van der Waals surface area (Å²) in [6.45, 7) is 9.28. The Morgan fingerprint density at radius 1 is 0.842 bits per heavy atom. The average Bonchev–Trinajstić information content (AvgIpc) is 2.92. The first-order valence-corrected chi connectivity index (χ1v) is 11.8. The van der Waals surface area contributed by atoms with Crippen molar-refractivity contribution in [3.63, 3.8) is 0 Å². The predicted molar refractivity (Wildman–Crippen MR) is 145 cm³/mol. The molecule has 0 amide bonds. The molecule has 0 aliphatic carbocycles. The minimum Gasteiger partial charge on any atom is -0.490 e. The molecule has 0 atom stereocenters. The molecule has 0 heterocycles. The summed E-state index contributed by atoms with van der Waals surface area (Å²) in [7, 11) is 0. The van der Waals surface area contributed by atoms with Gasteiger partial charge in [-0.25, -0.2) is 9.59 Å². The van der Waals surface area contributed by atoms with Crippen LogP contribution in [0.15, 0.2) is 96.6 Å². The minimum atomic E-state index is -0.502. The number of ether oxygens (including phenoxy) is 4. The fourth-order valence-electron chi connectivity index (χ4n) is 3.16. The maximum atomic E-state index is 12.5. The Bertz CT molecular complexity index is 1360. The first kappa shape index (κ1) is 27.7. The molecule has 0 aromatic heterocycles. The van der Waals surface area contributed by atoms with Crippen LogP contribution in [0.4, 0.5) is 0 Å². The van der Waals surface area contributed by atoms with Gasteiger partial charge in [0.1, 0.15) is 29.6 Å². The molecule has 0 saturated heterocycles. The molecule has 3 rings (SSSR count). The van der Waals surface area contributed by atoms with E-state index in [1.807, 2.05) is 24.3 Å². The Hall–Kier alpha value is -4.91. The first-order chi connectivity index (χ1) is 18.3. The molecule has 0 aliphatic rings. The van der Waals surface area contributed by atoms with Crippen LogP contribution in [0.2, 0.25) is 0 Å². The molecule has 0 aliphatic heterocycles. The highest BCUT2D eigenvalue weighted by molar-refractivity contribution is 5.91. The monoisotopic (exact) mass is 512 g/mol. The molecular formula is C31H28O7. The number of carbonyl (C=O) groups is 3. The lowest BCUT2D eigenvalue weighted by Gasteiger charge is -2.12.